The number of hydrogen-bond acceptors (Lipinski definition) is 4. The SMILES string of the molecule is O=C(c1cnn(-c2ccccc2Cl)c1)N1CCN(S(=O)(=O)c2cccc(Cl)c2Cl)CC1. The number of hydrogen-bond donors (Lipinski definition) is 0. The van der Waals surface area contributed by atoms with Gasteiger partial charge in [-0.05, 0) is 24.3 Å². The summed E-state index contributed by atoms with van der Waals surface area (Å²) in [6.07, 6.45) is 3.08. The predicted molar refractivity (Wildman–Crippen MR) is 120 cm³/mol. The lowest BCUT2D eigenvalue weighted by molar-refractivity contribution is 0.0698. The minimum absolute atomic E-state index is 0.00494. The topological polar surface area (TPSA) is 75.5 Å². The van der Waals surface area contributed by atoms with Crippen molar-refractivity contribution in [2.75, 3.05) is 26.2 Å². The Bertz CT molecular complexity index is 1240. The second-order valence-electron chi connectivity index (χ2n) is 6.87. The van der Waals surface area contributed by atoms with E-state index in [1.54, 1.807) is 23.2 Å². The highest BCUT2D eigenvalue weighted by Crippen LogP contribution is 2.31. The molecule has 0 atom stereocenters. The number of halogens is 3. The molecule has 1 fully saturated rings. The Morgan fingerprint density at radius 1 is 0.903 bits per heavy atom. The van der Waals surface area contributed by atoms with Crippen molar-refractivity contribution in [1.29, 1.82) is 0 Å². The second-order valence-corrected chi connectivity index (χ2v) is 9.97. The number of carbonyl (C=O) groups excluding carboxylic acids is 1. The third-order valence-electron chi connectivity index (χ3n) is 4.99. The quantitative estimate of drug-likeness (QED) is 0.544. The van der Waals surface area contributed by atoms with Crippen LogP contribution < -0.4 is 0 Å². The van der Waals surface area contributed by atoms with Crippen LogP contribution in [0, 0.1) is 0 Å². The molecule has 2 aromatic carbocycles. The fraction of sp³-hybridized carbons (Fsp3) is 0.200. The molecule has 1 aliphatic heterocycles. The Hall–Kier alpha value is -2.10. The Morgan fingerprint density at radius 2 is 1.58 bits per heavy atom. The highest BCUT2D eigenvalue weighted by molar-refractivity contribution is 7.89. The zero-order valence-corrected chi connectivity index (χ0v) is 19.2. The van der Waals surface area contributed by atoms with Crippen LogP contribution in [0.4, 0.5) is 0 Å². The van der Waals surface area contributed by atoms with Gasteiger partial charge in [0, 0.05) is 32.4 Å². The molecule has 0 radical (unpaired) electrons. The van der Waals surface area contributed by atoms with Crippen LogP contribution in [0.25, 0.3) is 5.69 Å². The lowest BCUT2D eigenvalue weighted by Crippen LogP contribution is -2.50. The summed E-state index contributed by atoms with van der Waals surface area (Å²) in [5.41, 5.74) is 1.06. The number of nitrogens with zero attached hydrogens (tertiary/aromatic N) is 4. The van der Waals surface area contributed by atoms with E-state index < -0.39 is 10.0 Å². The molecule has 11 heteroatoms. The zero-order chi connectivity index (χ0) is 22.2. The maximum absolute atomic E-state index is 13.0. The second kappa shape index (κ2) is 8.80. The molecular formula is C20H17Cl3N4O3S. The van der Waals surface area contributed by atoms with Crippen LogP contribution >= 0.6 is 34.8 Å². The molecular weight excluding hydrogens is 483 g/mol. The first-order valence-electron chi connectivity index (χ1n) is 9.32. The van der Waals surface area contributed by atoms with E-state index in [1.807, 2.05) is 12.1 Å². The maximum Gasteiger partial charge on any atom is 0.257 e. The first kappa shape index (κ1) is 22.1. The minimum Gasteiger partial charge on any atom is -0.336 e. The number of carbonyl (C=O) groups is 1. The highest BCUT2D eigenvalue weighted by Gasteiger charge is 2.32. The van der Waals surface area contributed by atoms with E-state index in [1.165, 1.54) is 33.4 Å². The number of rotatable bonds is 4. The molecule has 2 heterocycles. The van der Waals surface area contributed by atoms with Crippen molar-refractivity contribution in [3.05, 3.63) is 75.5 Å². The van der Waals surface area contributed by atoms with Gasteiger partial charge in [-0.15, -0.1) is 0 Å². The summed E-state index contributed by atoms with van der Waals surface area (Å²) in [6, 6.07) is 11.7. The zero-order valence-electron chi connectivity index (χ0n) is 16.1. The Labute approximate surface area is 194 Å². The number of amides is 1. The molecule has 3 aromatic rings. The standard InChI is InChI=1S/C20H17Cl3N4O3S/c21-15-4-1-2-6-17(15)27-13-14(12-24-27)20(28)25-8-10-26(11-9-25)31(29,30)18-7-3-5-16(22)19(18)23/h1-7,12-13H,8-11H2. The highest BCUT2D eigenvalue weighted by atomic mass is 35.5. The van der Waals surface area contributed by atoms with Crippen LogP contribution in [0.15, 0.2) is 59.8 Å². The van der Waals surface area contributed by atoms with Crippen molar-refractivity contribution in [3.8, 4) is 5.69 Å². The van der Waals surface area contributed by atoms with Crippen LogP contribution in [-0.2, 0) is 10.0 Å². The van der Waals surface area contributed by atoms with Gasteiger partial charge in [0.25, 0.3) is 5.91 Å². The van der Waals surface area contributed by atoms with Gasteiger partial charge >= 0.3 is 0 Å². The molecule has 0 bridgehead atoms. The number of benzene rings is 2. The van der Waals surface area contributed by atoms with Gasteiger partial charge in [0.15, 0.2) is 0 Å². The average Bonchev–Trinajstić information content (AvgIpc) is 3.25. The molecule has 0 saturated carbocycles. The predicted octanol–water partition coefficient (Wildman–Crippen LogP) is 3.98. The molecule has 4 rings (SSSR count). The van der Waals surface area contributed by atoms with E-state index in [2.05, 4.69) is 5.10 Å². The van der Waals surface area contributed by atoms with Crippen molar-refractivity contribution in [3.63, 3.8) is 0 Å². The normalized spacial score (nSPS) is 15.3. The first-order chi connectivity index (χ1) is 14.8. The lowest BCUT2D eigenvalue weighted by Gasteiger charge is -2.34. The maximum atomic E-state index is 13.0. The molecule has 31 heavy (non-hydrogen) atoms. The average molecular weight is 500 g/mol. The molecule has 1 saturated heterocycles. The molecule has 0 N–H and O–H groups in total. The largest absolute Gasteiger partial charge is 0.336 e. The molecule has 7 nitrogen and oxygen atoms in total. The lowest BCUT2D eigenvalue weighted by atomic mass is 10.2. The van der Waals surface area contributed by atoms with E-state index in [0.29, 0.717) is 16.3 Å². The van der Waals surface area contributed by atoms with E-state index in [9.17, 15) is 13.2 Å². The van der Waals surface area contributed by atoms with Crippen LogP contribution in [0.1, 0.15) is 10.4 Å². The number of sulfonamides is 1. The van der Waals surface area contributed by atoms with E-state index in [4.69, 9.17) is 34.8 Å². The summed E-state index contributed by atoms with van der Waals surface area (Å²) in [4.78, 5) is 14.4. The van der Waals surface area contributed by atoms with E-state index >= 15 is 0 Å². The smallest absolute Gasteiger partial charge is 0.257 e. The third kappa shape index (κ3) is 4.31. The Kier molecular flexibility index (Phi) is 6.27. The molecule has 0 spiro atoms. The Balaban J connectivity index is 1.46. The van der Waals surface area contributed by atoms with E-state index in [0.717, 1.165) is 0 Å². The van der Waals surface area contributed by atoms with Gasteiger partial charge in [0.05, 0.1) is 32.5 Å². The van der Waals surface area contributed by atoms with Crippen LogP contribution in [0.3, 0.4) is 0 Å². The summed E-state index contributed by atoms with van der Waals surface area (Å²) < 4.78 is 28.8. The minimum atomic E-state index is -3.82. The van der Waals surface area contributed by atoms with Gasteiger partial charge in [0.2, 0.25) is 10.0 Å². The summed E-state index contributed by atoms with van der Waals surface area (Å²) in [5, 5.41) is 4.91. The molecule has 1 amide bonds. The molecule has 0 aliphatic carbocycles. The van der Waals surface area contributed by atoms with E-state index in [-0.39, 0.29) is 47.0 Å². The molecule has 162 valence electrons. The fourth-order valence-electron chi connectivity index (χ4n) is 3.34. The first-order valence-corrected chi connectivity index (χ1v) is 11.9. The van der Waals surface area contributed by atoms with Gasteiger partial charge in [-0.1, -0.05) is 53.0 Å². The summed E-state index contributed by atoms with van der Waals surface area (Å²) in [6.45, 7) is 0.784. The fourth-order valence-corrected chi connectivity index (χ4v) is 5.72. The number of aromatic nitrogens is 2. The monoisotopic (exact) mass is 498 g/mol. The molecule has 1 aromatic heterocycles. The van der Waals surface area contributed by atoms with Crippen LogP contribution in [-0.4, -0.2) is 59.5 Å². The van der Waals surface area contributed by atoms with Crippen molar-refractivity contribution >= 4 is 50.7 Å². The molecule has 0 unspecified atom stereocenters. The molecule has 1 aliphatic rings. The van der Waals surface area contributed by atoms with Crippen molar-refractivity contribution in [2.45, 2.75) is 4.90 Å². The van der Waals surface area contributed by atoms with Gasteiger partial charge < -0.3 is 4.90 Å². The van der Waals surface area contributed by atoms with Gasteiger partial charge in [-0.3, -0.25) is 4.79 Å². The number of para-hydroxylation sites is 1. The van der Waals surface area contributed by atoms with Crippen molar-refractivity contribution in [2.24, 2.45) is 0 Å². The Morgan fingerprint density at radius 3 is 2.29 bits per heavy atom. The van der Waals surface area contributed by atoms with Crippen molar-refractivity contribution < 1.29 is 13.2 Å². The number of piperazine rings is 1. The summed E-state index contributed by atoms with van der Waals surface area (Å²) >= 11 is 18.3. The van der Waals surface area contributed by atoms with Crippen LogP contribution in [0.5, 0.6) is 0 Å². The third-order valence-corrected chi connectivity index (χ3v) is 8.18. The van der Waals surface area contributed by atoms with Gasteiger partial charge in [0.1, 0.15) is 4.90 Å². The summed E-state index contributed by atoms with van der Waals surface area (Å²) in [5.74, 6) is -0.226. The van der Waals surface area contributed by atoms with Crippen molar-refractivity contribution in [1.82, 2.24) is 19.0 Å². The van der Waals surface area contributed by atoms with Gasteiger partial charge in [-0.2, -0.15) is 9.40 Å². The van der Waals surface area contributed by atoms with Gasteiger partial charge in [-0.25, -0.2) is 13.1 Å². The van der Waals surface area contributed by atoms with Crippen LogP contribution in [0.2, 0.25) is 15.1 Å². The summed E-state index contributed by atoms with van der Waals surface area (Å²) in [7, 11) is -3.82.